The molecule has 6 heteroatoms. The van der Waals surface area contributed by atoms with Gasteiger partial charge >= 0.3 is 0 Å². The Morgan fingerprint density at radius 1 is 1.45 bits per heavy atom. The lowest BCUT2D eigenvalue weighted by molar-refractivity contribution is 0.150. The van der Waals surface area contributed by atoms with Gasteiger partial charge in [-0.15, -0.1) is 0 Å². The number of aryl methyl sites for hydroxylation is 1. The molecule has 0 spiro atoms. The monoisotopic (exact) mass is 342 g/mol. The summed E-state index contributed by atoms with van der Waals surface area (Å²) in [5.74, 6) is -0.326. The van der Waals surface area contributed by atoms with Gasteiger partial charge in [-0.1, -0.05) is 6.07 Å². The largest absolute Gasteiger partial charge is 0.494 e. The number of methoxy groups -OCH3 is 1. The zero-order chi connectivity index (χ0) is 14.9. The van der Waals surface area contributed by atoms with Crippen LogP contribution in [0, 0.1) is 19.7 Å². The van der Waals surface area contributed by atoms with E-state index < -0.39 is 11.9 Å². The third kappa shape index (κ3) is 2.86. The minimum absolute atomic E-state index is 0.162. The molecule has 1 unspecified atom stereocenters. The van der Waals surface area contributed by atoms with Gasteiger partial charge in [-0.3, -0.25) is 4.68 Å². The van der Waals surface area contributed by atoms with Crippen molar-refractivity contribution in [3.05, 3.63) is 45.4 Å². The maximum atomic E-state index is 13.6. The molecule has 0 aliphatic rings. The van der Waals surface area contributed by atoms with E-state index in [0.29, 0.717) is 5.56 Å². The molecule has 1 heterocycles. The maximum absolute atomic E-state index is 13.6. The summed E-state index contributed by atoms with van der Waals surface area (Å²) >= 11 is 3.44. The van der Waals surface area contributed by atoms with E-state index in [1.807, 2.05) is 13.8 Å². The van der Waals surface area contributed by atoms with Gasteiger partial charge in [0.05, 0.1) is 29.9 Å². The first kappa shape index (κ1) is 15.0. The molecule has 1 aromatic heterocycles. The highest BCUT2D eigenvalue weighted by molar-refractivity contribution is 9.10. The Labute approximate surface area is 125 Å². The number of nitrogens with zero attached hydrogens (tertiary/aromatic N) is 2. The first-order valence-corrected chi connectivity index (χ1v) is 6.94. The Morgan fingerprint density at radius 2 is 2.15 bits per heavy atom. The molecule has 1 N–H and O–H groups in total. The highest BCUT2D eigenvalue weighted by atomic mass is 79.9. The van der Waals surface area contributed by atoms with Gasteiger partial charge in [-0.25, -0.2) is 4.39 Å². The summed E-state index contributed by atoms with van der Waals surface area (Å²) in [7, 11) is 1.40. The first-order chi connectivity index (χ1) is 9.43. The number of ether oxygens (including phenoxy) is 1. The molecule has 0 saturated carbocycles. The van der Waals surface area contributed by atoms with E-state index in [9.17, 15) is 9.50 Å². The summed E-state index contributed by atoms with van der Waals surface area (Å²) < 4.78 is 21.1. The van der Waals surface area contributed by atoms with Gasteiger partial charge in [0.1, 0.15) is 0 Å². The number of aliphatic hydroxyl groups is 1. The van der Waals surface area contributed by atoms with Gasteiger partial charge in [-0.05, 0) is 47.5 Å². The predicted octanol–water partition coefficient (Wildman–Crippen LogP) is 3.14. The second-order valence-corrected chi connectivity index (χ2v) is 5.37. The second-order valence-electron chi connectivity index (χ2n) is 4.58. The standard InChI is InChI=1S/C14H16BrFN2O2/c1-8-14(15)9(2)18(17-8)7-12(19)10-4-5-13(20-3)11(16)6-10/h4-6,12,19H,7H2,1-3H3. The summed E-state index contributed by atoms with van der Waals surface area (Å²) in [6, 6.07) is 4.43. The van der Waals surface area contributed by atoms with Crippen molar-refractivity contribution < 1.29 is 14.2 Å². The highest BCUT2D eigenvalue weighted by Crippen LogP contribution is 2.25. The molecule has 0 fully saturated rings. The van der Waals surface area contributed by atoms with Gasteiger partial charge < -0.3 is 9.84 Å². The first-order valence-electron chi connectivity index (χ1n) is 6.15. The fourth-order valence-electron chi connectivity index (χ4n) is 2.01. The SMILES string of the molecule is COc1ccc(C(O)Cn2nc(C)c(Br)c2C)cc1F. The van der Waals surface area contributed by atoms with Crippen molar-refractivity contribution in [2.45, 2.75) is 26.5 Å². The van der Waals surface area contributed by atoms with E-state index in [2.05, 4.69) is 21.0 Å². The maximum Gasteiger partial charge on any atom is 0.165 e. The predicted molar refractivity (Wildman–Crippen MR) is 77.3 cm³/mol. The van der Waals surface area contributed by atoms with Crippen LogP contribution in [0.4, 0.5) is 4.39 Å². The molecule has 0 aliphatic heterocycles. The molecule has 2 aromatic rings. The lowest BCUT2D eigenvalue weighted by atomic mass is 10.1. The van der Waals surface area contributed by atoms with Crippen LogP contribution in [0.1, 0.15) is 23.1 Å². The Hall–Kier alpha value is -1.40. The Bertz CT molecular complexity index is 628. The molecular weight excluding hydrogens is 327 g/mol. The van der Waals surface area contributed by atoms with Crippen LogP contribution in [0.5, 0.6) is 5.75 Å². The van der Waals surface area contributed by atoms with Gasteiger partial charge in [0.2, 0.25) is 0 Å². The van der Waals surface area contributed by atoms with E-state index in [0.717, 1.165) is 15.9 Å². The van der Waals surface area contributed by atoms with Crippen LogP contribution in [0.25, 0.3) is 0 Å². The van der Waals surface area contributed by atoms with Crippen molar-refractivity contribution in [3.63, 3.8) is 0 Å². The lowest BCUT2D eigenvalue weighted by Gasteiger charge is -2.13. The summed E-state index contributed by atoms with van der Waals surface area (Å²) in [4.78, 5) is 0. The van der Waals surface area contributed by atoms with Gasteiger partial charge in [-0.2, -0.15) is 5.10 Å². The molecule has 0 aliphatic carbocycles. The average molecular weight is 343 g/mol. The van der Waals surface area contributed by atoms with Crippen LogP contribution >= 0.6 is 15.9 Å². The number of rotatable bonds is 4. The Morgan fingerprint density at radius 3 is 2.65 bits per heavy atom. The summed E-state index contributed by atoms with van der Waals surface area (Å²) in [6.45, 7) is 4.06. The van der Waals surface area contributed by atoms with Crippen LogP contribution in [-0.2, 0) is 6.54 Å². The van der Waals surface area contributed by atoms with Crippen LogP contribution in [0.15, 0.2) is 22.7 Å². The summed E-state index contributed by atoms with van der Waals surface area (Å²) in [5.41, 5.74) is 2.28. The molecule has 1 atom stereocenters. The Balaban J connectivity index is 2.21. The van der Waals surface area contributed by atoms with E-state index in [-0.39, 0.29) is 12.3 Å². The number of halogens is 2. The minimum Gasteiger partial charge on any atom is -0.494 e. The molecule has 2 rings (SSSR count). The van der Waals surface area contributed by atoms with Crippen LogP contribution in [-0.4, -0.2) is 22.0 Å². The molecule has 0 radical (unpaired) electrons. The van der Waals surface area contributed by atoms with Gasteiger partial charge in [0.15, 0.2) is 11.6 Å². The molecule has 4 nitrogen and oxygen atoms in total. The third-order valence-corrected chi connectivity index (χ3v) is 4.35. The fraction of sp³-hybridized carbons (Fsp3) is 0.357. The summed E-state index contributed by atoms with van der Waals surface area (Å²) in [5, 5.41) is 14.5. The molecule has 0 amide bonds. The molecule has 20 heavy (non-hydrogen) atoms. The normalized spacial score (nSPS) is 12.5. The minimum atomic E-state index is -0.833. The zero-order valence-corrected chi connectivity index (χ0v) is 13.1. The number of aliphatic hydroxyl groups excluding tert-OH is 1. The van der Waals surface area contributed by atoms with Crippen molar-refractivity contribution in [1.82, 2.24) is 9.78 Å². The quantitative estimate of drug-likeness (QED) is 0.928. The van der Waals surface area contributed by atoms with Crippen molar-refractivity contribution >= 4 is 15.9 Å². The number of aromatic nitrogens is 2. The van der Waals surface area contributed by atoms with E-state index in [1.54, 1.807) is 10.7 Å². The van der Waals surface area contributed by atoms with E-state index in [1.165, 1.54) is 19.2 Å². The Kier molecular flexibility index (Phi) is 4.45. The second kappa shape index (κ2) is 5.93. The van der Waals surface area contributed by atoms with Gasteiger partial charge in [0.25, 0.3) is 0 Å². The van der Waals surface area contributed by atoms with Gasteiger partial charge in [0, 0.05) is 5.69 Å². The molecular formula is C14H16BrFN2O2. The van der Waals surface area contributed by atoms with E-state index in [4.69, 9.17) is 4.74 Å². The molecule has 0 saturated heterocycles. The summed E-state index contributed by atoms with van der Waals surface area (Å²) in [6.07, 6.45) is -0.833. The molecule has 1 aromatic carbocycles. The third-order valence-electron chi connectivity index (χ3n) is 3.20. The fourth-order valence-corrected chi connectivity index (χ4v) is 2.30. The van der Waals surface area contributed by atoms with Crippen molar-refractivity contribution in [3.8, 4) is 5.75 Å². The van der Waals surface area contributed by atoms with Crippen LogP contribution < -0.4 is 4.74 Å². The van der Waals surface area contributed by atoms with E-state index >= 15 is 0 Å². The van der Waals surface area contributed by atoms with Crippen molar-refractivity contribution in [1.29, 1.82) is 0 Å². The lowest BCUT2D eigenvalue weighted by Crippen LogP contribution is -2.11. The van der Waals surface area contributed by atoms with Crippen LogP contribution in [0.3, 0.4) is 0 Å². The van der Waals surface area contributed by atoms with Crippen molar-refractivity contribution in [2.75, 3.05) is 7.11 Å². The smallest absolute Gasteiger partial charge is 0.165 e. The molecule has 108 valence electrons. The van der Waals surface area contributed by atoms with Crippen molar-refractivity contribution in [2.24, 2.45) is 0 Å². The average Bonchev–Trinajstić information content (AvgIpc) is 2.66. The topological polar surface area (TPSA) is 47.3 Å². The molecule has 0 bridgehead atoms. The number of hydrogen-bond donors (Lipinski definition) is 1. The number of hydrogen-bond acceptors (Lipinski definition) is 3. The zero-order valence-electron chi connectivity index (χ0n) is 11.5. The van der Waals surface area contributed by atoms with Crippen LogP contribution in [0.2, 0.25) is 0 Å². The highest BCUT2D eigenvalue weighted by Gasteiger charge is 2.15. The number of benzene rings is 1.